The van der Waals surface area contributed by atoms with E-state index in [1.54, 1.807) is 6.07 Å². The zero-order valence-electron chi connectivity index (χ0n) is 5.47. The molecule has 1 aromatic rings. The van der Waals surface area contributed by atoms with Gasteiger partial charge in [-0.25, -0.2) is 4.39 Å². The monoisotopic (exact) mass is 151 g/mol. The molecule has 0 atom stereocenters. The van der Waals surface area contributed by atoms with Gasteiger partial charge in [-0.05, 0) is 12.1 Å². The standard InChI is InChI=1S/C7H3FN2O/c8-6-1-2-7(10-11)5(3-6)4-9/h1-3H/p+1. The highest BCUT2D eigenvalue weighted by atomic mass is 19.1. The van der Waals surface area contributed by atoms with E-state index < -0.39 is 5.82 Å². The molecule has 0 heterocycles. The molecule has 0 radical (unpaired) electrons. The lowest BCUT2D eigenvalue weighted by molar-refractivity contribution is -0.379. The number of rotatable bonds is 1. The molecule has 0 aliphatic rings. The first kappa shape index (κ1) is 7.35. The van der Waals surface area contributed by atoms with Crippen molar-refractivity contribution in [3.63, 3.8) is 0 Å². The topological polar surface area (TPSA) is 54.8 Å². The molecule has 0 fully saturated rings. The Bertz CT molecular complexity index is 330. The van der Waals surface area contributed by atoms with E-state index >= 15 is 0 Å². The van der Waals surface area contributed by atoms with E-state index in [1.807, 2.05) is 0 Å². The largest absolute Gasteiger partial charge is 0.271 e. The molecular formula is C7H4FN2O+. The van der Waals surface area contributed by atoms with Crippen molar-refractivity contribution in [1.29, 1.82) is 5.26 Å². The summed E-state index contributed by atoms with van der Waals surface area (Å²) in [4.78, 5) is 10.1. The van der Waals surface area contributed by atoms with Crippen molar-refractivity contribution in [1.82, 2.24) is 0 Å². The Kier molecular flexibility index (Phi) is 1.93. The number of hydrogen-bond donors (Lipinski definition) is 1. The minimum atomic E-state index is -0.527. The van der Waals surface area contributed by atoms with Gasteiger partial charge in [0.1, 0.15) is 17.4 Å². The van der Waals surface area contributed by atoms with Crippen LogP contribution >= 0.6 is 0 Å². The van der Waals surface area contributed by atoms with Crippen LogP contribution in [0.5, 0.6) is 0 Å². The maximum atomic E-state index is 12.4. The summed E-state index contributed by atoms with van der Waals surface area (Å²) in [5, 5.41) is 9.91. The highest BCUT2D eigenvalue weighted by molar-refractivity contribution is 5.47. The predicted octanol–water partition coefficient (Wildman–Crippen LogP) is 0.176. The number of halogens is 1. The molecule has 11 heavy (non-hydrogen) atoms. The Hall–Kier alpha value is -1.76. The summed E-state index contributed by atoms with van der Waals surface area (Å²) in [6.07, 6.45) is 0. The van der Waals surface area contributed by atoms with Crippen LogP contribution in [0, 0.1) is 22.1 Å². The molecule has 3 nitrogen and oxygen atoms in total. The van der Waals surface area contributed by atoms with Gasteiger partial charge >= 0.3 is 0 Å². The maximum absolute atomic E-state index is 12.4. The molecule has 0 aliphatic heterocycles. The van der Waals surface area contributed by atoms with Gasteiger partial charge in [0.05, 0.1) is 0 Å². The first-order valence-corrected chi connectivity index (χ1v) is 2.85. The van der Waals surface area contributed by atoms with Crippen LogP contribution in [0.25, 0.3) is 0 Å². The average molecular weight is 151 g/mol. The molecule has 1 N–H and O–H groups in total. The number of nitrogens with one attached hydrogen (secondary N) is 1. The number of nitrogens with zero attached hydrogens (tertiary/aromatic N) is 1. The molecule has 1 aromatic carbocycles. The van der Waals surface area contributed by atoms with Gasteiger partial charge in [0.25, 0.3) is 5.69 Å². The van der Waals surface area contributed by atoms with Crippen LogP contribution < -0.4 is 5.18 Å². The quantitative estimate of drug-likeness (QED) is 0.622. The van der Waals surface area contributed by atoms with Crippen molar-refractivity contribution < 1.29 is 9.57 Å². The van der Waals surface area contributed by atoms with Crippen LogP contribution in [0.1, 0.15) is 5.56 Å². The molecule has 0 saturated carbocycles. The van der Waals surface area contributed by atoms with Gasteiger partial charge in [0, 0.05) is 16.2 Å². The lowest BCUT2D eigenvalue weighted by Gasteiger charge is -1.86. The third-order valence-corrected chi connectivity index (χ3v) is 1.21. The van der Waals surface area contributed by atoms with Crippen molar-refractivity contribution in [2.24, 2.45) is 0 Å². The number of nitriles is 1. The first-order valence-electron chi connectivity index (χ1n) is 2.85. The van der Waals surface area contributed by atoms with Crippen molar-refractivity contribution in [2.45, 2.75) is 0 Å². The van der Waals surface area contributed by atoms with Crippen LogP contribution in [0.2, 0.25) is 0 Å². The van der Waals surface area contributed by atoms with Crippen molar-refractivity contribution in [3.8, 4) is 6.07 Å². The molecule has 1 rings (SSSR count). The Balaban J connectivity index is 3.30. The number of benzene rings is 1. The highest BCUT2D eigenvalue weighted by Gasteiger charge is 2.07. The normalized spacial score (nSPS) is 8.73. The summed E-state index contributed by atoms with van der Waals surface area (Å²) in [5.41, 5.74) is 0.105. The van der Waals surface area contributed by atoms with Gasteiger partial charge in [0.2, 0.25) is 0 Å². The minimum Gasteiger partial charge on any atom is -0.207 e. The third kappa shape index (κ3) is 1.38. The fraction of sp³-hybridized carbons (Fsp3) is 0. The molecular weight excluding hydrogens is 147 g/mol. The summed E-state index contributed by atoms with van der Waals surface area (Å²) in [7, 11) is 0. The van der Waals surface area contributed by atoms with Crippen LogP contribution in [0.3, 0.4) is 0 Å². The molecule has 0 aliphatic carbocycles. The molecule has 0 unspecified atom stereocenters. The fourth-order valence-electron chi connectivity index (χ4n) is 0.698. The van der Waals surface area contributed by atoms with Gasteiger partial charge in [-0.1, -0.05) is 0 Å². The van der Waals surface area contributed by atoms with E-state index in [4.69, 9.17) is 5.26 Å². The fourth-order valence-corrected chi connectivity index (χ4v) is 0.698. The summed E-state index contributed by atoms with van der Waals surface area (Å²) in [5.74, 6) is -0.527. The van der Waals surface area contributed by atoms with Crippen molar-refractivity contribution >= 4 is 5.69 Å². The van der Waals surface area contributed by atoms with Crippen LogP contribution in [-0.4, -0.2) is 0 Å². The third-order valence-electron chi connectivity index (χ3n) is 1.21. The molecule has 4 heteroatoms. The number of hydrogen-bond acceptors (Lipinski definition) is 2. The maximum Gasteiger partial charge on any atom is 0.271 e. The smallest absolute Gasteiger partial charge is 0.207 e. The van der Waals surface area contributed by atoms with Crippen LogP contribution in [0.15, 0.2) is 18.2 Å². The molecule has 0 saturated heterocycles. The first-order chi connectivity index (χ1) is 5.27. The van der Waals surface area contributed by atoms with Gasteiger partial charge in [-0.3, -0.25) is 0 Å². The van der Waals surface area contributed by atoms with Gasteiger partial charge in [-0.2, -0.15) is 5.26 Å². The van der Waals surface area contributed by atoms with E-state index in [-0.39, 0.29) is 11.3 Å². The molecule has 0 amide bonds. The Morgan fingerprint density at radius 1 is 1.55 bits per heavy atom. The van der Waals surface area contributed by atoms with Gasteiger partial charge in [-0.15, -0.1) is 0 Å². The summed E-state index contributed by atoms with van der Waals surface area (Å²) >= 11 is 0. The zero-order chi connectivity index (χ0) is 8.27. The van der Waals surface area contributed by atoms with E-state index in [9.17, 15) is 9.30 Å². The lowest BCUT2D eigenvalue weighted by Crippen LogP contribution is -2.56. The summed E-state index contributed by atoms with van der Waals surface area (Å²) < 4.78 is 12.4. The lowest BCUT2D eigenvalue weighted by atomic mass is 10.2. The number of nitroso groups, excluding NO2 is 1. The van der Waals surface area contributed by atoms with Crippen molar-refractivity contribution in [2.75, 3.05) is 0 Å². The van der Waals surface area contributed by atoms with Crippen LogP contribution in [-0.2, 0) is 0 Å². The second-order valence-electron chi connectivity index (χ2n) is 1.90. The highest BCUT2D eigenvalue weighted by Crippen LogP contribution is 2.09. The van der Waals surface area contributed by atoms with E-state index in [1.165, 1.54) is 11.2 Å². The summed E-state index contributed by atoms with van der Waals surface area (Å²) in [6, 6.07) is 5.02. The second kappa shape index (κ2) is 2.88. The molecule has 0 bridgehead atoms. The Morgan fingerprint density at radius 2 is 2.27 bits per heavy atom. The van der Waals surface area contributed by atoms with Crippen LogP contribution in [0.4, 0.5) is 10.1 Å². The summed E-state index contributed by atoms with van der Waals surface area (Å²) in [6.45, 7) is 0. The molecule has 54 valence electrons. The zero-order valence-corrected chi connectivity index (χ0v) is 5.47. The predicted molar refractivity (Wildman–Crippen MR) is 35.1 cm³/mol. The minimum absolute atomic E-state index is 0.0139. The average Bonchev–Trinajstić information content (AvgIpc) is 2.04. The molecule has 0 spiro atoms. The Morgan fingerprint density at radius 3 is 2.82 bits per heavy atom. The van der Waals surface area contributed by atoms with E-state index in [0.29, 0.717) is 0 Å². The van der Waals surface area contributed by atoms with Crippen molar-refractivity contribution in [3.05, 3.63) is 34.5 Å². The Labute approximate surface area is 62.0 Å². The SMILES string of the molecule is N#Cc1cc(F)ccc1[NH+]=O. The van der Waals surface area contributed by atoms with Gasteiger partial charge in [0.15, 0.2) is 0 Å². The van der Waals surface area contributed by atoms with E-state index in [2.05, 4.69) is 0 Å². The molecule has 0 aromatic heterocycles. The second-order valence-corrected chi connectivity index (χ2v) is 1.90. The van der Waals surface area contributed by atoms with Gasteiger partial charge < -0.3 is 0 Å². The van der Waals surface area contributed by atoms with E-state index in [0.717, 1.165) is 12.1 Å².